The topological polar surface area (TPSA) is 45.5 Å². The van der Waals surface area contributed by atoms with Gasteiger partial charge in [-0.2, -0.15) is 0 Å². The number of hydrogen-bond donors (Lipinski definition) is 1. The molecule has 6 heteroatoms. The predicted molar refractivity (Wildman–Crippen MR) is 104 cm³/mol. The first-order chi connectivity index (χ1) is 12.1. The molecule has 3 aromatic rings. The minimum atomic E-state index is 0.666. The van der Waals surface area contributed by atoms with Gasteiger partial charge in [-0.05, 0) is 17.7 Å². The molecule has 1 N–H and O–H groups in total. The van der Waals surface area contributed by atoms with Gasteiger partial charge in [-0.1, -0.05) is 35.9 Å². The van der Waals surface area contributed by atoms with Crippen LogP contribution < -0.4 is 5.32 Å². The molecular formula is C19H22ClN5. The van der Waals surface area contributed by atoms with Gasteiger partial charge >= 0.3 is 0 Å². The minimum absolute atomic E-state index is 0.666. The summed E-state index contributed by atoms with van der Waals surface area (Å²) in [7, 11) is 5.79. The number of aliphatic imine (C=N–C) groups is 1. The molecule has 0 atom stereocenters. The van der Waals surface area contributed by atoms with Gasteiger partial charge in [0, 0.05) is 51.2 Å². The number of benzene rings is 1. The summed E-state index contributed by atoms with van der Waals surface area (Å²) in [6.07, 6.45) is 3.73. The lowest BCUT2D eigenvalue weighted by molar-refractivity contribution is 0.462. The van der Waals surface area contributed by atoms with Crippen LogP contribution in [0.2, 0.25) is 5.02 Å². The Bertz CT molecular complexity index is 894. The first-order valence-corrected chi connectivity index (χ1v) is 8.51. The minimum Gasteiger partial charge on any atom is -0.352 e. The first kappa shape index (κ1) is 17.3. The lowest BCUT2D eigenvalue weighted by Gasteiger charge is -2.22. The zero-order valence-electron chi connectivity index (χ0n) is 14.7. The SMILES string of the molecule is CN=C(NCc1cccc2cccnc12)N(C)Cc1cc(Cl)cn1C. The molecule has 1 aromatic carbocycles. The Morgan fingerprint density at radius 1 is 1.32 bits per heavy atom. The third-order valence-corrected chi connectivity index (χ3v) is 4.41. The van der Waals surface area contributed by atoms with E-state index in [1.54, 1.807) is 7.05 Å². The van der Waals surface area contributed by atoms with Crippen molar-refractivity contribution in [2.24, 2.45) is 12.0 Å². The van der Waals surface area contributed by atoms with E-state index in [4.69, 9.17) is 11.6 Å². The van der Waals surface area contributed by atoms with Crippen molar-refractivity contribution in [1.82, 2.24) is 19.8 Å². The van der Waals surface area contributed by atoms with Gasteiger partial charge in [-0.15, -0.1) is 0 Å². The second-order valence-corrected chi connectivity index (χ2v) is 6.45. The molecule has 0 bridgehead atoms. The molecule has 0 aliphatic carbocycles. The molecular weight excluding hydrogens is 334 g/mol. The highest BCUT2D eigenvalue weighted by molar-refractivity contribution is 6.30. The molecule has 3 rings (SSSR count). The molecule has 0 fully saturated rings. The number of hydrogen-bond acceptors (Lipinski definition) is 2. The maximum absolute atomic E-state index is 6.07. The van der Waals surface area contributed by atoms with Crippen molar-refractivity contribution in [3.8, 4) is 0 Å². The van der Waals surface area contributed by atoms with Gasteiger partial charge in [0.1, 0.15) is 0 Å². The van der Waals surface area contributed by atoms with Crippen LogP contribution in [0, 0.1) is 0 Å². The maximum Gasteiger partial charge on any atom is 0.194 e. The van der Waals surface area contributed by atoms with Crippen LogP contribution >= 0.6 is 11.6 Å². The van der Waals surface area contributed by atoms with E-state index in [0.717, 1.165) is 39.7 Å². The van der Waals surface area contributed by atoms with E-state index >= 15 is 0 Å². The molecule has 2 heterocycles. The van der Waals surface area contributed by atoms with E-state index < -0.39 is 0 Å². The zero-order valence-corrected chi connectivity index (χ0v) is 15.5. The summed E-state index contributed by atoms with van der Waals surface area (Å²) in [5.41, 5.74) is 3.29. The smallest absolute Gasteiger partial charge is 0.194 e. The number of nitrogens with one attached hydrogen (secondary N) is 1. The number of aryl methyl sites for hydroxylation is 1. The molecule has 2 aromatic heterocycles. The van der Waals surface area contributed by atoms with Crippen LogP contribution in [-0.2, 0) is 20.1 Å². The highest BCUT2D eigenvalue weighted by Gasteiger charge is 2.10. The van der Waals surface area contributed by atoms with Gasteiger partial charge in [0.05, 0.1) is 17.1 Å². The van der Waals surface area contributed by atoms with Gasteiger partial charge < -0.3 is 14.8 Å². The second kappa shape index (κ2) is 7.57. The summed E-state index contributed by atoms with van der Waals surface area (Å²) in [6, 6.07) is 12.2. The highest BCUT2D eigenvalue weighted by Crippen LogP contribution is 2.16. The molecule has 5 nitrogen and oxygen atoms in total. The molecule has 0 saturated carbocycles. The number of rotatable bonds is 4. The lowest BCUT2D eigenvalue weighted by atomic mass is 10.1. The summed E-state index contributed by atoms with van der Waals surface area (Å²) in [5, 5.41) is 5.31. The quantitative estimate of drug-likeness (QED) is 0.576. The summed E-state index contributed by atoms with van der Waals surface area (Å²) >= 11 is 6.07. The molecule has 0 unspecified atom stereocenters. The number of fused-ring (bicyclic) bond motifs is 1. The van der Waals surface area contributed by atoms with Crippen molar-refractivity contribution in [1.29, 1.82) is 0 Å². The average Bonchev–Trinajstić information content (AvgIpc) is 2.92. The van der Waals surface area contributed by atoms with Crippen LogP contribution in [0.5, 0.6) is 0 Å². The van der Waals surface area contributed by atoms with Gasteiger partial charge in [0.25, 0.3) is 0 Å². The van der Waals surface area contributed by atoms with Gasteiger partial charge in [-0.3, -0.25) is 9.98 Å². The van der Waals surface area contributed by atoms with Crippen molar-refractivity contribution >= 4 is 28.5 Å². The van der Waals surface area contributed by atoms with Crippen molar-refractivity contribution < 1.29 is 0 Å². The normalized spacial score (nSPS) is 11.8. The first-order valence-electron chi connectivity index (χ1n) is 8.13. The van der Waals surface area contributed by atoms with Crippen LogP contribution in [0.3, 0.4) is 0 Å². The number of guanidine groups is 1. The monoisotopic (exact) mass is 355 g/mol. The fraction of sp³-hybridized carbons (Fsp3) is 0.263. The summed E-state index contributed by atoms with van der Waals surface area (Å²) in [5.74, 6) is 0.824. The number of pyridine rings is 1. The van der Waals surface area contributed by atoms with E-state index in [9.17, 15) is 0 Å². The van der Waals surface area contributed by atoms with Crippen molar-refractivity contribution in [3.05, 3.63) is 65.1 Å². The summed E-state index contributed by atoms with van der Waals surface area (Å²) < 4.78 is 2.03. The van der Waals surface area contributed by atoms with Crippen LogP contribution in [0.15, 0.2) is 53.8 Å². The van der Waals surface area contributed by atoms with E-state index in [1.165, 1.54) is 0 Å². The van der Waals surface area contributed by atoms with Crippen LogP contribution in [0.1, 0.15) is 11.3 Å². The Labute approximate surface area is 153 Å². The van der Waals surface area contributed by atoms with Crippen molar-refractivity contribution in [2.75, 3.05) is 14.1 Å². The maximum atomic E-state index is 6.07. The lowest BCUT2D eigenvalue weighted by Crippen LogP contribution is -2.38. The van der Waals surface area contributed by atoms with Gasteiger partial charge in [-0.25, -0.2) is 0 Å². The summed E-state index contributed by atoms with van der Waals surface area (Å²) in [4.78, 5) is 11.0. The van der Waals surface area contributed by atoms with E-state index in [-0.39, 0.29) is 0 Å². The average molecular weight is 356 g/mol. The molecule has 0 aliphatic rings. The van der Waals surface area contributed by atoms with Crippen LogP contribution in [0.4, 0.5) is 0 Å². The Hall–Kier alpha value is -2.53. The number of para-hydroxylation sites is 1. The number of aromatic nitrogens is 2. The number of halogens is 1. The Morgan fingerprint density at radius 3 is 2.84 bits per heavy atom. The molecule has 0 radical (unpaired) electrons. The molecule has 25 heavy (non-hydrogen) atoms. The van der Waals surface area contributed by atoms with E-state index in [1.807, 2.05) is 43.2 Å². The Morgan fingerprint density at radius 2 is 2.12 bits per heavy atom. The van der Waals surface area contributed by atoms with Gasteiger partial charge in [0.2, 0.25) is 0 Å². The fourth-order valence-electron chi connectivity index (χ4n) is 2.91. The van der Waals surface area contributed by atoms with Crippen molar-refractivity contribution in [2.45, 2.75) is 13.1 Å². The van der Waals surface area contributed by atoms with E-state index in [2.05, 4.69) is 44.5 Å². The van der Waals surface area contributed by atoms with Crippen LogP contribution in [-0.4, -0.2) is 34.5 Å². The number of nitrogens with zero attached hydrogens (tertiary/aromatic N) is 4. The Kier molecular flexibility index (Phi) is 5.24. The standard InChI is InChI=1S/C19H22ClN5/c1-21-19(25(3)13-17-10-16(20)12-24(17)2)23-11-15-7-4-6-14-8-5-9-22-18(14)15/h4-10,12H,11,13H2,1-3H3,(H,21,23). The predicted octanol–water partition coefficient (Wildman–Crippen LogP) is 3.43. The van der Waals surface area contributed by atoms with Crippen LogP contribution in [0.25, 0.3) is 10.9 Å². The van der Waals surface area contributed by atoms with Gasteiger partial charge in [0.15, 0.2) is 5.96 Å². The molecule has 0 spiro atoms. The summed E-state index contributed by atoms with van der Waals surface area (Å²) in [6.45, 7) is 1.38. The highest BCUT2D eigenvalue weighted by atomic mass is 35.5. The molecule has 0 amide bonds. The largest absolute Gasteiger partial charge is 0.352 e. The third kappa shape index (κ3) is 3.94. The molecule has 130 valence electrons. The Balaban J connectivity index is 1.71. The van der Waals surface area contributed by atoms with Crippen molar-refractivity contribution in [3.63, 3.8) is 0 Å². The second-order valence-electron chi connectivity index (χ2n) is 6.01. The molecule has 0 saturated heterocycles. The van der Waals surface area contributed by atoms with E-state index in [0.29, 0.717) is 6.54 Å². The molecule has 0 aliphatic heterocycles. The zero-order chi connectivity index (χ0) is 17.8. The third-order valence-electron chi connectivity index (χ3n) is 4.20. The fourth-order valence-corrected chi connectivity index (χ4v) is 3.18.